The minimum absolute atomic E-state index is 0.639. The van der Waals surface area contributed by atoms with Crippen molar-refractivity contribution in [2.24, 2.45) is 0 Å². The number of rotatable bonds is 6. The molecule has 1 aliphatic rings. The number of hydrogen-bond donors (Lipinski definition) is 0. The summed E-state index contributed by atoms with van der Waals surface area (Å²) in [5, 5.41) is 0. The van der Waals surface area contributed by atoms with Gasteiger partial charge >= 0.3 is 229 Å². The van der Waals surface area contributed by atoms with E-state index in [2.05, 4.69) is 140 Å². The molecule has 186 valence electrons. The minimum atomic E-state index is -2.88. The molecule has 0 atom stereocenters. The fraction of sp³-hybridized carbons (Fsp3) is 0.375. The van der Waals surface area contributed by atoms with Crippen molar-refractivity contribution in [3.8, 4) is 22.9 Å². The van der Waals surface area contributed by atoms with Crippen molar-refractivity contribution >= 4 is 41.2 Å². The first-order chi connectivity index (χ1) is 17.0. The normalized spacial score (nSPS) is 15.2. The number of allylic oxidation sites excluding steroid dienone is 2. The molecule has 3 rings (SSSR count). The Bertz CT molecular complexity index is 1260. The van der Waals surface area contributed by atoms with Crippen LogP contribution in [0.3, 0.4) is 0 Å². The monoisotopic (exact) mass is 614 g/mol. The third-order valence-electron chi connectivity index (χ3n) is 7.73. The first-order valence-electron chi connectivity index (χ1n) is 13.7. The van der Waals surface area contributed by atoms with Gasteiger partial charge in [0.2, 0.25) is 0 Å². The predicted molar refractivity (Wildman–Crippen MR) is 170 cm³/mol. The van der Waals surface area contributed by atoms with Crippen molar-refractivity contribution in [1.82, 2.24) is 0 Å². The van der Waals surface area contributed by atoms with E-state index in [9.17, 15) is 0 Å². The van der Waals surface area contributed by atoms with Crippen molar-refractivity contribution in [1.29, 1.82) is 0 Å². The summed E-state index contributed by atoms with van der Waals surface area (Å²) in [4.78, 5) is 5.39. The van der Waals surface area contributed by atoms with Crippen LogP contribution in [0, 0.1) is 22.9 Å². The van der Waals surface area contributed by atoms with Crippen molar-refractivity contribution < 1.29 is 0 Å². The Balaban J connectivity index is 2.22. The van der Waals surface area contributed by atoms with Crippen LogP contribution in [-0.4, -0.2) is 41.2 Å². The van der Waals surface area contributed by atoms with Gasteiger partial charge < -0.3 is 0 Å². The molecule has 0 aromatic heterocycles. The average Bonchev–Trinajstić information content (AvgIpc) is 3.11. The molecule has 36 heavy (non-hydrogen) atoms. The first-order valence-corrected chi connectivity index (χ1v) is 28.2. The molecule has 0 radical (unpaired) electrons. The third-order valence-corrected chi connectivity index (χ3v) is 40.2. The van der Waals surface area contributed by atoms with Crippen molar-refractivity contribution in [3.05, 3.63) is 89.3 Å². The topological polar surface area (TPSA) is 0 Å². The van der Waals surface area contributed by atoms with E-state index in [1.165, 1.54) is 12.6 Å². The molecule has 2 aromatic rings. The fourth-order valence-corrected chi connectivity index (χ4v) is 50.0. The molecule has 2 aromatic carbocycles. The van der Waals surface area contributed by atoms with Crippen LogP contribution in [0.2, 0.25) is 48.7 Å². The Morgan fingerprint density at radius 3 is 1.47 bits per heavy atom. The van der Waals surface area contributed by atoms with Gasteiger partial charge in [-0.15, -0.1) is 0 Å². The van der Waals surface area contributed by atoms with Crippen LogP contribution in [0.4, 0.5) is 0 Å². The van der Waals surface area contributed by atoms with Gasteiger partial charge in [-0.05, 0) is 0 Å². The maximum absolute atomic E-state index is 3.92. The Hall–Kier alpha value is -1.66. The van der Waals surface area contributed by atoms with Gasteiger partial charge in [0.1, 0.15) is 0 Å². The summed E-state index contributed by atoms with van der Waals surface area (Å²) in [6.07, 6.45) is 3.55. The standard InChI is InChI=1S/C30H37BSi2.2CH3.Sn/c1-8-29(25-32(4,5)23-21-27-17-13-11-14-18-27)30(31(9-2)10-3)26-33(6,7)24-22-28-19-15-12-16-20-28;;;/h11-20H,8-10H2,1-7H3;2*1H3;. The number of benzene rings is 2. The van der Waals surface area contributed by atoms with E-state index in [1.54, 1.807) is 11.0 Å². The number of hydrogen-bond acceptors (Lipinski definition) is 0. The predicted octanol–water partition coefficient (Wildman–Crippen LogP) is 8.54. The zero-order chi connectivity index (χ0) is 26.6. The maximum atomic E-state index is 3.92. The second kappa shape index (κ2) is 11.8. The van der Waals surface area contributed by atoms with Gasteiger partial charge in [0.15, 0.2) is 0 Å². The van der Waals surface area contributed by atoms with E-state index in [-0.39, 0.29) is 0 Å². The molecule has 0 fully saturated rings. The second-order valence-corrected chi connectivity index (χ2v) is 34.6. The summed E-state index contributed by atoms with van der Waals surface area (Å²) in [5.74, 6) is 7.20. The summed E-state index contributed by atoms with van der Waals surface area (Å²) in [6, 6.07) is 21.1. The van der Waals surface area contributed by atoms with E-state index >= 15 is 0 Å². The Labute approximate surface area is 228 Å². The molecule has 1 aliphatic heterocycles. The van der Waals surface area contributed by atoms with Crippen LogP contribution in [-0.2, 0) is 0 Å². The second-order valence-electron chi connectivity index (χ2n) is 11.6. The van der Waals surface area contributed by atoms with Crippen molar-refractivity contribution in [2.75, 3.05) is 0 Å². The fourth-order valence-electron chi connectivity index (χ4n) is 6.54. The van der Waals surface area contributed by atoms with Crippen LogP contribution in [0.25, 0.3) is 0 Å². The molecular weight excluding hydrogens is 570 g/mol. The third kappa shape index (κ3) is 6.07. The van der Waals surface area contributed by atoms with E-state index in [4.69, 9.17) is 0 Å². The van der Waals surface area contributed by atoms with Gasteiger partial charge in [0.05, 0.1) is 0 Å². The molecule has 0 unspecified atom stereocenters. The van der Waals surface area contributed by atoms with Crippen LogP contribution in [0.1, 0.15) is 38.3 Å². The Kier molecular flexibility index (Phi) is 9.48. The summed E-state index contributed by atoms with van der Waals surface area (Å²) >= 11 is -2.88. The Morgan fingerprint density at radius 1 is 0.667 bits per heavy atom. The van der Waals surface area contributed by atoms with E-state index in [0.29, 0.717) is 6.71 Å². The summed E-state index contributed by atoms with van der Waals surface area (Å²) in [6.45, 7) is 17.9. The van der Waals surface area contributed by atoms with Gasteiger partial charge in [-0.2, -0.15) is 0 Å². The molecule has 0 amide bonds. The van der Waals surface area contributed by atoms with E-state index < -0.39 is 34.5 Å². The van der Waals surface area contributed by atoms with Crippen LogP contribution in [0.5, 0.6) is 0 Å². The van der Waals surface area contributed by atoms with Gasteiger partial charge in [0.25, 0.3) is 0 Å². The molecule has 0 aliphatic carbocycles. The molecule has 0 saturated heterocycles. The summed E-state index contributed by atoms with van der Waals surface area (Å²) in [7, 11) is -3.92. The van der Waals surface area contributed by atoms with E-state index in [0.717, 1.165) is 17.5 Å². The first kappa shape index (κ1) is 28.9. The van der Waals surface area contributed by atoms with Crippen LogP contribution >= 0.6 is 0 Å². The van der Waals surface area contributed by atoms with Crippen molar-refractivity contribution in [2.45, 2.75) is 75.9 Å². The molecule has 0 bridgehead atoms. The van der Waals surface area contributed by atoms with Gasteiger partial charge in [-0.3, -0.25) is 0 Å². The van der Waals surface area contributed by atoms with Gasteiger partial charge in [-0.25, -0.2) is 0 Å². The summed E-state index contributed by atoms with van der Waals surface area (Å²) in [5.41, 5.74) is 13.6. The average molecular weight is 613 g/mol. The van der Waals surface area contributed by atoms with Gasteiger partial charge in [-0.1, -0.05) is 0 Å². The zero-order valence-corrected chi connectivity index (χ0v) is 28.8. The molecular formula is C32H43BSi2Sn. The quantitative estimate of drug-likeness (QED) is 0.226. The molecule has 0 spiro atoms. The van der Waals surface area contributed by atoms with E-state index in [1.807, 2.05) is 6.42 Å². The van der Waals surface area contributed by atoms with Crippen molar-refractivity contribution in [3.63, 3.8) is 0 Å². The van der Waals surface area contributed by atoms with Gasteiger partial charge in [0, 0.05) is 0 Å². The molecule has 4 heteroatoms. The molecule has 0 nitrogen and oxygen atoms in total. The van der Waals surface area contributed by atoms with Crippen LogP contribution in [0.15, 0.2) is 78.1 Å². The molecule has 0 N–H and O–H groups in total. The molecule has 1 heterocycles. The summed E-state index contributed by atoms with van der Waals surface area (Å²) < 4.78 is 3.74. The van der Waals surface area contributed by atoms with Crippen LogP contribution < -0.4 is 0 Å². The Morgan fingerprint density at radius 2 is 1.08 bits per heavy atom. The molecule has 0 saturated carbocycles. The zero-order valence-electron chi connectivity index (χ0n) is 24.0. The SMILES string of the molecule is CCB(CC)C1=[C]([Si](C)(C)C#Cc2ccccc2)[Sn]([CH3])([CH3])[C]([Si](C)(C)C#Cc2ccccc2)=C1CC.